The number of aryl methyl sites for hydroxylation is 1. The summed E-state index contributed by atoms with van der Waals surface area (Å²) < 4.78 is 0. The van der Waals surface area contributed by atoms with Crippen molar-refractivity contribution in [3.8, 4) is 0 Å². The van der Waals surface area contributed by atoms with Crippen LogP contribution in [0, 0.1) is 0 Å². The van der Waals surface area contributed by atoms with E-state index in [2.05, 4.69) is 4.98 Å². The molecule has 0 aliphatic carbocycles. The second kappa shape index (κ2) is 3.46. The van der Waals surface area contributed by atoms with Crippen LogP contribution >= 0.6 is 0 Å². The van der Waals surface area contributed by atoms with Crippen molar-refractivity contribution in [1.29, 1.82) is 0 Å². The molecular formula is C8H12N2O. The molecule has 1 rings (SSSR count). The lowest BCUT2D eigenvalue weighted by Crippen LogP contribution is -2.11. The van der Waals surface area contributed by atoms with Gasteiger partial charge in [0.2, 0.25) is 0 Å². The van der Waals surface area contributed by atoms with Crippen LogP contribution in [0.25, 0.3) is 0 Å². The number of pyridine rings is 1. The highest BCUT2D eigenvalue weighted by Gasteiger charge is 2.01. The van der Waals surface area contributed by atoms with Gasteiger partial charge in [-0.05, 0) is 18.6 Å². The molecule has 0 saturated carbocycles. The Labute approximate surface area is 65.9 Å². The minimum absolute atomic E-state index is 0.532. The molecule has 1 heterocycles. The summed E-state index contributed by atoms with van der Waals surface area (Å²) in [5, 5.41) is 8.96. The molecule has 0 saturated heterocycles. The van der Waals surface area contributed by atoms with Crippen LogP contribution in [-0.2, 0) is 6.42 Å². The number of aliphatic hydroxyl groups excluding tert-OH is 1. The molecule has 0 aliphatic rings. The fourth-order valence-electron chi connectivity index (χ4n) is 0.860. The van der Waals surface area contributed by atoms with Gasteiger partial charge in [0.05, 0.1) is 5.69 Å². The van der Waals surface area contributed by atoms with E-state index in [1.165, 1.54) is 0 Å². The van der Waals surface area contributed by atoms with Crippen molar-refractivity contribution in [2.24, 2.45) is 5.73 Å². The monoisotopic (exact) mass is 152 g/mol. The lowest BCUT2D eigenvalue weighted by atomic mass is 10.2. The molecule has 0 amide bonds. The first-order valence-electron chi connectivity index (χ1n) is 3.63. The van der Waals surface area contributed by atoms with Gasteiger partial charge in [-0.2, -0.15) is 0 Å². The molecule has 3 N–H and O–H groups in total. The van der Waals surface area contributed by atoms with Gasteiger partial charge >= 0.3 is 0 Å². The number of rotatable bonds is 2. The number of nitrogens with two attached hydrogens (primary N) is 1. The maximum absolute atomic E-state index is 8.96. The minimum atomic E-state index is -0.957. The highest BCUT2D eigenvalue weighted by atomic mass is 16.3. The van der Waals surface area contributed by atoms with Gasteiger partial charge in [0.15, 0.2) is 0 Å². The van der Waals surface area contributed by atoms with E-state index >= 15 is 0 Å². The maximum Gasteiger partial charge on any atom is 0.145 e. The summed E-state index contributed by atoms with van der Waals surface area (Å²) in [5.41, 5.74) is 6.71. The van der Waals surface area contributed by atoms with Gasteiger partial charge in [-0.15, -0.1) is 0 Å². The van der Waals surface area contributed by atoms with Gasteiger partial charge < -0.3 is 10.8 Å². The molecule has 1 atom stereocenters. The predicted molar refractivity (Wildman–Crippen MR) is 42.8 cm³/mol. The zero-order valence-corrected chi connectivity index (χ0v) is 6.49. The summed E-state index contributed by atoms with van der Waals surface area (Å²) in [6.45, 7) is 2.01. The zero-order valence-electron chi connectivity index (χ0n) is 6.49. The summed E-state index contributed by atoms with van der Waals surface area (Å²) in [5.74, 6) is 0. The van der Waals surface area contributed by atoms with Crippen LogP contribution in [0.4, 0.5) is 0 Å². The van der Waals surface area contributed by atoms with Crippen molar-refractivity contribution in [2.45, 2.75) is 19.6 Å². The second-order valence-corrected chi connectivity index (χ2v) is 2.35. The van der Waals surface area contributed by atoms with Crippen molar-refractivity contribution < 1.29 is 5.11 Å². The van der Waals surface area contributed by atoms with Crippen LogP contribution in [0.1, 0.15) is 24.5 Å². The standard InChI is InChI=1S/C8H12N2O/c1-2-6-4-3-5-7(10-6)8(9)11/h3-5,8,11H,2,9H2,1H3. The number of aromatic nitrogens is 1. The van der Waals surface area contributed by atoms with E-state index in [1.807, 2.05) is 19.1 Å². The fourth-order valence-corrected chi connectivity index (χ4v) is 0.860. The van der Waals surface area contributed by atoms with Gasteiger partial charge in [-0.3, -0.25) is 4.98 Å². The van der Waals surface area contributed by atoms with Crippen molar-refractivity contribution in [3.05, 3.63) is 29.6 Å². The molecule has 1 unspecified atom stereocenters. The van der Waals surface area contributed by atoms with E-state index < -0.39 is 6.23 Å². The highest BCUT2D eigenvalue weighted by molar-refractivity contribution is 5.12. The Hall–Kier alpha value is -0.930. The Balaban J connectivity index is 2.91. The van der Waals surface area contributed by atoms with Crippen molar-refractivity contribution in [1.82, 2.24) is 4.98 Å². The molecule has 3 nitrogen and oxygen atoms in total. The summed E-state index contributed by atoms with van der Waals surface area (Å²) >= 11 is 0. The zero-order chi connectivity index (χ0) is 8.27. The molecule has 0 aliphatic heterocycles. The van der Waals surface area contributed by atoms with Crippen molar-refractivity contribution in [3.63, 3.8) is 0 Å². The van der Waals surface area contributed by atoms with Crippen LogP contribution in [0.3, 0.4) is 0 Å². The Kier molecular flexibility index (Phi) is 2.57. The van der Waals surface area contributed by atoms with Crippen LogP contribution in [0.5, 0.6) is 0 Å². The van der Waals surface area contributed by atoms with E-state index in [9.17, 15) is 0 Å². The fraction of sp³-hybridized carbons (Fsp3) is 0.375. The minimum Gasteiger partial charge on any atom is -0.373 e. The number of aliphatic hydroxyl groups is 1. The Morgan fingerprint density at radius 3 is 2.91 bits per heavy atom. The molecule has 0 fully saturated rings. The second-order valence-electron chi connectivity index (χ2n) is 2.35. The lowest BCUT2D eigenvalue weighted by Gasteiger charge is -2.04. The first-order valence-corrected chi connectivity index (χ1v) is 3.63. The van der Waals surface area contributed by atoms with Gasteiger partial charge in [0.25, 0.3) is 0 Å². The summed E-state index contributed by atoms with van der Waals surface area (Å²) in [7, 11) is 0. The Morgan fingerprint density at radius 1 is 1.64 bits per heavy atom. The quantitative estimate of drug-likeness (QED) is 0.610. The van der Waals surface area contributed by atoms with Crippen molar-refractivity contribution in [2.75, 3.05) is 0 Å². The lowest BCUT2D eigenvalue weighted by molar-refractivity contribution is 0.181. The molecule has 0 radical (unpaired) electrons. The third-order valence-electron chi connectivity index (χ3n) is 1.49. The van der Waals surface area contributed by atoms with E-state index in [-0.39, 0.29) is 0 Å². The largest absolute Gasteiger partial charge is 0.373 e. The average molecular weight is 152 g/mol. The van der Waals surface area contributed by atoms with Crippen LogP contribution in [-0.4, -0.2) is 10.1 Å². The van der Waals surface area contributed by atoms with Crippen LogP contribution in [0.15, 0.2) is 18.2 Å². The van der Waals surface area contributed by atoms with Gasteiger partial charge in [0, 0.05) is 5.69 Å². The van der Waals surface area contributed by atoms with Gasteiger partial charge in [0.1, 0.15) is 6.23 Å². The normalized spacial score (nSPS) is 13.0. The predicted octanol–water partition coefficient (Wildman–Crippen LogP) is 0.594. The molecule has 0 spiro atoms. The number of hydrogen-bond acceptors (Lipinski definition) is 3. The SMILES string of the molecule is CCc1cccc(C(N)O)n1. The molecule has 0 aromatic carbocycles. The van der Waals surface area contributed by atoms with Crippen LogP contribution < -0.4 is 5.73 Å². The van der Waals surface area contributed by atoms with Gasteiger partial charge in [-0.25, -0.2) is 0 Å². The summed E-state index contributed by atoms with van der Waals surface area (Å²) in [6, 6.07) is 5.47. The molecule has 3 heteroatoms. The van der Waals surface area contributed by atoms with Gasteiger partial charge in [-0.1, -0.05) is 13.0 Å². The van der Waals surface area contributed by atoms with Crippen LogP contribution in [0.2, 0.25) is 0 Å². The number of nitrogens with zero attached hydrogens (tertiary/aromatic N) is 1. The van der Waals surface area contributed by atoms with E-state index in [0.717, 1.165) is 12.1 Å². The highest BCUT2D eigenvalue weighted by Crippen LogP contribution is 2.04. The maximum atomic E-state index is 8.96. The molecule has 60 valence electrons. The first kappa shape index (κ1) is 8.17. The van der Waals surface area contributed by atoms with E-state index in [4.69, 9.17) is 10.8 Å². The smallest absolute Gasteiger partial charge is 0.145 e. The topological polar surface area (TPSA) is 59.1 Å². The Bertz CT molecular complexity index is 235. The van der Waals surface area contributed by atoms with Crippen molar-refractivity contribution >= 4 is 0 Å². The first-order chi connectivity index (χ1) is 5.24. The summed E-state index contributed by atoms with van der Waals surface area (Å²) in [4.78, 5) is 4.12. The third kappa shape index (κ3) is 2.00. The molecule has 1 aromatic heterocycles. The van der Waals surface area contributed by atoms with E-state index in [1.54, 1.807) is 6.07 Å². The molecular weight excluding hydrogens is 140 g/mol. The molecule has 0 bridgehead atoms. The molecule has 1 aromatic rings. The summed E-state index contributed by atoms with van der Waals surface area (Å²) in [6.07, 6.45) is -0.0953. The Morgan fingerprint density at radius 2 is 2.36 bits per heavy atom. The van der Waals surface area contributed by atoms with E-state index in [0.29, 0.717) is 5.69 Å². The number of hydrogen-bond donors (Lipinski definition) is 2. The average Bonchev–Trinajstić information content (AvgIpc) is 2.05. The third-order valence-corrected chi connectivity index (χ3v) is 1.49. The molecule has 11 heavy (non-hydrogen) atoms.